The van der Waals surface area contributed by atoms with Gasteiger partial charge in [0.05, 0.1) is 6.54 Å². The van der Waals surface area contributed by atoms with Gasteiger partial charge in [0.25, 0.3) is 0 Å². The van der Waals surface area contributed by atoms with E-state index in [0.29, 0.717) is 6.04 Å². The second kappa shape index (κ2) is 6.30. The molecule has 0 aliphatic carbocycles. The summed E-state index contributed by atoms with van der Waals surface area (Å²) in [5.74, 6) is 0. The first-order valence-corrected chi connectivity index (χ1v) is 7.88. The molecular weight excluding hydrogens is 256 g/mol. The van der Waals surface area contributed by atoms with Crippen LogP contribution in [0.15, 0.2) is 30.2 Å². The average Bonchev–Trinajstić information content (AvgIpc) is 3.10. The van der Waals surface area contributed by atoms with Crippen LogP contribution in [0.5, 0.6) is 0 Å². The number of thiophene rings is 1. The summed E-state index contributed by atoms with van der Waals surface area (Å²) in [4.78, 5) is 8.16. The summed E-state index contributed by atoms with van der Waals surface area (Å²) in [6.45, 7) is 3.37. The van der Waals surface area contributed by atoms with Gasteiger partial charge in [0, 0.05) is 17.5 Å². The van der Waals surface area contributed by atoms with Crippen molar-refractivity contribution in [1.29, 1.82) is 0 Å². The quantitative estimate of drug-likeness (QED) is 0.841. The average molecular weight is 276 g/mol. The van der Waals surface area contributed by atoms with E-state index in [1.54, 1.807) is 6.33 Å². The molecule has 0 N–H and O–H groups in total. The number of piperidine rings is 1. The summed E-state index contributed by atoms with van der Waals surface area (Å²) in [6.07, 6.45) is 8.58. The van der Waals surface area contributed by atoms with Gasteiger partial charge >= 0.3 is 0 Å². The molecule has 0 unspecified atom stereocenters. The van der Waals surface area contributed by atoms with Crippen LogP contribution in [0.3, 0.4) is 0 Å². The lowest BCUT2D eigenvalue weighted by Crippen LogP contribution is -2.43. The molecule has 1 fully saturated rings. The highest BCUT2D eigenvalue weighted by Gasteiger charge is 2.22. The summed E-state index contributed by atoms with van der Waals surface area (Å²) in [6, 6.07) is 5.00. The van der Waals surface area contributed by atoms with Crippen LogP contribution in [-0.2, 0) is 13.0 Å². The molecule has 102 valence electrons. The van der Waals surface area contributed by atoms with Crippen LogP contribution >= 0.6 is 11.3 Å². The van der Waals surface area contributed by atoms with E-state index in [-0.39, 0.29) is 0 Å². The van der Waals surface area contributed by atoms with Gasteiger partial charge < -0.3 is 0 Å². The lowest BCUT2D eigenvalue weighted by Gasteiger charge is -2.35. The van der Waals surface area contributed by atoms with E-state index in [1.165, 1.54) is 43.6 Å². The Labute approximate surface area is 118 Å². The molecule has 3 heterocycles. The maximum atomic E-state index is 4.24. The zero-order valence-corrected chi connectivity index (χ0v) is 11.9. The molecule has 0 saturated carbocycles. The standard InChI is InChI=1S/C14H20N4S/c1-2-7-17(8-6-14-5-3-9-19-14)13(4-1)10-18-12-15-11-16-18/h3,5,9,11-13H,1-2,4,6-8,10H2/t13-/m0/s1. The SMILES string of the molecule is c1csc(CCN2CCCC[C@H]2Cn2cncn2)c1. The van der Waals surface area contributed by atoms with Crippen molar-refractivity contribution in [2.24, 2.45) is 0 Å². The normalized spacial score (nSPS) is 20.7. The van der Waals surface area contributed by atoms with Crippen LogP contribution in [0.4, 0.5) is 0 Å². The summed E-state index contributed by atoms with van der Waals surface area (Å²) in [5, 5.41) is 6.40. The Bertz CT molecular complexity index is 466. The fraction of sp³-hybridized carbons (Fsp3) is 0.571. The number of hydrogen-bond donors (Lipinski definition) is 0. The molecule has 2 aromatic rings. The second-order valence-electron chi connectivity index (χ2n) is 5.13. The van der Waals surface area contributed by atoms with E-state index < -0.39 is 0 Å². The minimum atomic E-state index is 0.621. The Balaban J connectivity index is 1.57. The number of nitrogens with zero attached hydrogens (tertiary/aromatic N) is 4. The molecule has 3 rings (SSSR count). The van der Waals surface area contributed by atoms with Gasteiger partial charge in [0.1, 0.15) is 12.7 Å². The smallest absolute Gasteiger partial charge is 0.137 e. The molecule has 0 spiro atoms. The van der Waals surface area contributed by atoms with E-state index >= 15 is 0 Å². The molecule has 1 atom stereocenters. The number of hydrogen-bond acceptors (Lipinski definition) is 4. The summed E-state index contributed by atoms with van der Waals surface area (Å²) < 4.78 is 1.97. The molecule has 0 bridgehead atoms. The molecule has 0 aromatic carbocycles. The van der Waals surface area contributed by atoms with E-state index in [2.05, 4.69) is 32.5 Å². The topological polar surface area (TPSA) is 34.0 Å². The highest BCUT2D eigenvalue weighted by molar-refractivity contribution is 7.09. The number of likely N-dealkylation sites (tertiary alicyclic amines) is 1. The molecule has 0 radical (unpaired) electrons. The van der Waals surface area contributed by atoms with E-state index in [0.717, 1.165) is 6.54 Å². The van der Waals surface area contributed by atoms with Crippen molar-refractivity contribution in [1.82, 2.24) is 19.7 Å². The first-order valence-electron chi connectivity index (χ1n) is 7.00. The summed E-state index contributed by atoms with van der Waals surface area (Å²) >= 11 is 1.86. The summed E-state index contributed by atoms with van der Waals surface area (Å²) in [7, 11) is 0. The van der Waals surface area contributed by atoms with Crippen molar-refractivity contribution < 1.29 is 0 Å². The van der Waals surface area contributed by atoms with Crippen LogP contribution < -0.4 is 0 Å². The molecule has 2 aromatic heterocycles. The van der Waals surface area contributed by atoms with Crippen LogP contribution in [0.1, 0.15) is 24.1 Å². The van der Waals surface area contributed by atoms with Gasteiger partial charge in [-0.3, -0.25) is 9.58 Å². The molecule has 19 heavy (non-hydrogen) atoms. The van der Waals surface area contributed by atoms with Crippen molar-refractivity contribution >= 4 is 11.3 Å². The second-order valence-corrected chi connectivity index (χ2v) is 6.16. The van der Waals surface area contributed by atoms with Gasteiger partial charge in [-0.1, -0.05) is 12.5 Å². The highest BCUT2D eigenvalue weighted by atomic mass is 32.1. The first-order chi connectivity index (χ1) is 9.42. The predicted molar refractivity (Wildman–Crippen MR) is 77.3 cm³/mol. The minimum Gasteiger partial charge on any atom is -0.298 e. The van der Waals surface area contributed by atoms with E-state index in [9.17, 15) is 0 Å². The highest BCUT2D eigenvalue weighted by Crippen LogP contribution is 2.19. The van der Waals surface area contributed by atoms with Gasteiger partial charge in [-0.25, -0.2) is 4.98 Å². The Kier molecular flexibility index (Phi) is 4.25. The molecule has 1 saturated heterocycles. The zero-order chi connectivity index (χ0) is 12.9. The molecule has 4 nitrogen and oxygen atoms in total. The molecule has 1 aliphatic heterocycles. The van der Waals surface area contributed by atoms with Crippen LogP contribution in [0.2, 0.25) is 0 Å². The Morgan fingerprint density at radius 2 is 2.37 bits per heavy atom. The van der Waals surface area contributed by atoms with Crippen molar-refractivity contribution in [2.75, 3.05) is 13.1 Å². The Morgan fingerprint density at radius 1 is 1.37 bits per heavy atom. The fourth-order valence-electron chi connectivity index (χ4n) is 2.81. The largest absolute Gasteiger partial charge is 0.298 e. The third-order valence-electron chi connectivity index (χ3n) is 3.84. The van der Waals surface area contributed by atoms with E-state index in [4.69, 9.17) is 0 Å². The zero-order valence-electron chi connectivity index (χ0n) is 11.1. The van der Waals surface area contributed by atoms with Crippen molar-refractivity contribution in [3.05, 3.63) is 35.0 Å². The number of aromatic nitrogens is 3. The minimum absolute atomic E-state index is 0.621. The third kappa shape index (κ3) is 3.42. The molecule has 0 amide bonds. The lowest BCUT2D eigenvalue weighted by atomic mass is 10.0. The van der Waals surface area contributed by atoms with Crippen molar-refractivity contribution in [2.45, 2.75) is 38.3 Å². The van der Waals surface area contributed by atoms with Gasteiger partial charge in [0.2, 0.25) is 0 Å². The third-order valence-corrected chi connectivity index (χ3v) is 4.78. The molecular formula is C14H20N4S. The van der Waals surface area contributed by atoms with Crippen molar-refractivity contribution in [3.63, 3.8) is 0 Å². The molecule has 5 heteroatoms. The van der Waals surface area contributed by atoms with Gasteiger partial charge in [-0.05, 0) is 37.3 Å². The fourth-order valence-corrected chi connectivity index (χ4v) is 3.51. The monoisotopic (exact) mass is 276 g/mol. The maximum Gasteiger partial charge on any atom is 0.137 e. The lowest BCUT2D eigenvalue weighted by molar-refractivity contribution is 0.131. The van der Waals surface area contributed by atoms with Gasteiger partial charge in [-0.15, -0.1) is 11.3 Å². The first kappa shape index (κ1) is 12.8. The Hall–Kier alpha value is -1.20. The maximum absolute atomic E-state index is 4.24. The Morgan fingerprint density at radius 3 is 3.16 bits per heavy atom. The number of rotatable bonds is 5. The summed E-state index contributed by atoms with van der Waals surface area (Å²) in [5.41, 5.74) is 0. The van der Waals surface area contributed by atoms with Gasteiger partial charge in [0.15, 0.2) is 0 Å². The van der Waals surface area contributed by atoms with Crippen LogP contribution in [0.25, 0.3) is 0 Å². The molecule has 1 aliphatic rings. The van der Waals surface area contributed by atoms with Crippen molar-refractivity contribution in [3.8, 4) is 0 Å². The predicted octanol–water partition coefficient (Wildman–Crippen LogP) is 2.44. The van der Waals surface area contributed by atoms with Crippen LogP contribution in [-0.4, -0.2) is 38.8 Å². The van der Waals surface area contributed by atoms with E-state index in [1.807, 2.05) is 22.3 Å². The van der Waals surface area contributed by atoms with Crippen LogP contribution in [0, 0.1) is 0 Å². The van der Waals surface area contributed by atoms with Gasteiger partial charge in [-0.2, -0.15) is 5.10 Å².